The third-order valence-corrected chi connectivity index (χ3v) is 2.03. The maximum Gasteiger partial charge on any atom is 0.107 e. The molecule has 1 atom stereocenters. The zero-order valence-corrected chi connectivity index (χ0v) is 8.68. The highest BCUT2D eigenvalue weighted by Gasteiger charge is 2.16. The van der Waals surface area contributed by atoms with E-state index in [1.807, 2.05) is 27.7 Å². The van der Waals surface area contributed by atoms with Crippen LogP contribution >= 0.6 is 0 Å². The van der Waals surface area contributed by atoms with Crippen LogP contribution in [0.1, 0.15) is 40.5 Å². The lowest BCUT2D eigenvalue weighted by Crippen LogP contribution is -2.08. The highest BCUT2D eigenvalue weighted by atomic mass is 16.5. The first-order valence-electron chi connectivity index (χ1n) is 4.76. The second kappa shape index (κ2) is 6.30. The van der Waals surface area contributed by atoms with E-state index >= 15 is 0 Å². The van der Waals surface area contributed by atoms with Crippen LogP contribution in [0.3, 0.4) is 0 Å². The fraction of sp³-hybridized carbons (Fsp3) is 0.800. The lowest BCUT2D eigenvalue weighted by atomic mass is 9.89. The molecule has 1 unspecified atom stereocenters. The van der Waals surface area contributed by atoms with E-state index in [0.29, 0.717) is 6.10 Å². The van der Waals surface area contributed by atoms with E-state index in [1.165, 1.54) is 12.0 Å². The van der Waals surface area contributed by atoms with E-state index in [9.17, 15) is 0 Å². The molecule has 1 fully saturated rings. The van der Waals surface area contributed by atoms with Gasteiger partial charge < -0.3 is 4.74 Å². The summed E-state index contributed by atoms with van der Waals surface area (Å²) >= 11 is 0. The summed E-state index contributed by atoms with van der Waals surface area (Å²) in [5.41, 5.74) is 2.12. The van der Waals surface area contributed by atoms with Gasteiger partial charge in [0.25, 0.3) is 0 Å². The molecule has 0 amide bonds. The molecule has 1 heterocycles. The fourth-order valence-electron chi connectivity index (χ4n) is 1.17. The highest BCUT2D eigenvalue weighted by molar-refractivity contribution is 6.21. The molecule has 68 valence electrons. The Bertz CT molecular complexity index is 142. The third kappa shape index (κ3) is 3.44. The first-order chi connectivity index (χ1) is 5.72. The van der Waals surface area contributed by atoms with Crippen LogP contribution in [0.5, 0.6) is 0 Å². The predicted octanol–water partition coefficient (Wildman–Crippen LogP) is 2.65. The van der Waals surface area contributed by atoms with Crippen LogP contribution in [0.4, 0.5) is 0 Å². The summed E-state index contributed by atoms with van der Waals surface area (Å²) in [5.74, 6) is 0. The molecule has 0 aliphatic carbocycles. The van der Waals surface area contributed by atoms with E-state index in [4.69, 9.17) is 12.6 Å². The van der Waals surface area contributed by atoms with Gasteiger partial charge in [0.1, 0.15) is 7.85 Å². The van der Waals surface area contributed by atoms with Gasteiger partial charge in [-0.25, -0.2) is 0 Å². The molecular weight excluding hydrogens is 147 g/mol. The van der Waals surface area contributed by atoms with Crippen molar-refractivity contribution in [1.82, 2.24) is 0 Å². The normalized spacial score (nSPS) is 24.2. The number of allylic oxidation sites excluding steroid dienone is 1. The summed E-state index contributed by atoms with van der Waals surface area (Å²) in [6, 6.07) is 0. The van der Waals surface area contributed by atoms with Crippen LogP contribution < -0.4 is 0 Å². The largest absolute Gasteiger partial charge is 0.374 e. The van der Waals surface area contributed by atoms with Gasteiger partial charge in [-0.2, -0.15) is 0 Å². The van der Waals surface area contributed by atoms with Crippen molar-refractivity contribution in [3.63, 3.8) is 0 Å². The third-order valence-electron chi connectivity index (χ3n) is 2.03. The second-order valence-corrected chi connectivity index (χ2v) is 2.87. The molecule has 0 bridgehead atoms. The highest BCUT2D eigenvalue weighted by Crippen LogP contribution is 2.20. The molecule has 0 saturated carbocycles. The number of hydrogen-bond donors (Lipinski definition) is 0. The Morgan fingerprint density at radius 1 is 1.33 bits per heavy atom. The van der Waals surface area contributed by atoms with Gasteiger partial charge in [0.15, 0.2) is 0 Å². The second-order valence-electron chi connectivity index (χ2n) is 2.87. The Labute approximate surface area is 77.6 Å². The van der Waals surface area contributed by atoms with Crippen molar-refractivity contribution in [3.8, 4) is 0 Å². The summed E-state index contributed by atoms with van der Waals surface area (Å²) < 4.78 is 5.44. The summed E-state index contributed by atoms with van der Waals surface area (Å²) in [6.07, 6.45) is 2.63. The SMILES string of the molecule is CC.[B]/C(C)=C(/C)C1CCCO1. The van der Waals surface area contributed by atoms with Crippen LogP contribution in [-0.2, 0) is 4.74 Å². The Kier molecular flexibility index (Phi) is 6.18. The van der Waals surface area contributed by atoms with E-state index < -0.39 is 0 Å². The summed E-state index contributed by atoms with van der Waals surface area (Å²) in [5, 5.41) is 0. The van der Waals surface area contributed by atoms with Gasteiger partial charge in [0.05, 0.1) is 6.10 Å². The lowest BCUT2D eigenvalue weighted by Gasteiger charge is -2.11. The van der Waals surface area contributed by atoms with E-state index in [-0.39, 0.29) is 0 Å². The zero-order chi connectivity index (χ0) is 9.56. The van der Waals surface area contributed by atoms with E-state index in [2.05, 4.69) is 0 Å². The first kappa shape index (κ1) is 11.8. The number of rotatable bonds is 1. The first-order valence-corrected chi connectivity index (χ1v) is 4.76. The average molecular weight is 166 g/mol. The van der Waals surface area contributed by atoms with Crippen molar-refractivity contribution in [2.75, 3.05) is 6.61 Å². The smallest absolute Gasteiger partial charge is 0.107 e. The Morgan fingerprint density at radius 2 is 1.92 bits per heavy atom. The summed E-state index contributed by atoms with van der Waals surface area (Å²) in [4.78, 5) is 0. The topological polar surface area (TPSA) is 9.23 Å². The van der Waals surface area contributed by atoms with Crippen molar-refractivity contribution in [2.45, 2.75) is 46.6 Å². The molecule has 2 heteroatoms. The molecule has 1 rings (SSSR count). The quantitative estimate of drug-likeness (QED) is 0.544. The van der Waals surface area contributed by atoms with Crippen LogP contribution in [0.25, 0.3) is 0 Å². The Hall–Kier alpha value is -0.235. The van der Waals surface area contributed by atoms with Crippen LogP contribution in [0.15, 0.2) is 11.0 Å². The lowest BCUT2D eigenvalue weighted by molar-refractivity contribution is 0.137. The van der Waals surface area contributed by atoms with E-state index in [0.717, 1.165) is 18.5 Å². The summed E-state index contributed by atoms with van der Waals surface area (Å²) in [6.45, 7) is 8.87. The van der Waals surface area contributed by atoms with Gasteiger partial charge in [-0.3, -0.25) is 0 Å². The molecule has 0 aromatic rings. The van der Waals surface area contributed by atoms with Crippen molar-refractivity contribution < 1.29 is 4.74 Å². The predicted molar refractivity (Wildman–Crippen MR) is 54.5 cm³/mol. The van der Waals surface area contributed by atoms with Gasteiger partial charge >= 0.3 is 0 Å². The molecule has 1 aliphatic heterocycles. The Balaban J connectivity index is 0.000000561. The molecule has 0 aromatic heterocycles. The van der Waals surface area contributed by atoms with Crippen molar-refractivity contribution >= 4 is 7.85 Å². The monoisotopic (exact) mass is 166 g/mol. The van der Waals surface area contributed by atoms with Crippen molar-refractivity contribution in [3.05, 3.63) is 11.0 Å². The van der Waals surface area contributed by atoms with Gasteiger partial charge in [-0.1, -0.05) is 26.3 Å². The number of ether oxygens (including phenoxy) is 1. The molecule has 1 nitrogen and oxygen atoms in total. The molecule has 1 saturated heterocycles. The van der Waals surface area contributed by atoms with Gasteiger partial charge in [-0.15, -0.1) is 5.47 Å². The van der Waals surface area contributed by atoms with Crippen LogP contribution in [-0.4, -0.2) is 20.6 Å². The molecule has 1 aliphatic rings. The number of hydrogen-bond acceptors (Lipinski definition) is 1. The fourth-order valence-corrected chi connectivity index (χ4v) is 1.17. The minimum absolute atomic E-state index is 0.310. The van der Waals surface area contributed by atoms with Crippen LogP contribution in [0, 0.1) is 0 Å². The molecule has 2 radical (unpaired) electrons. The van der Waals surface area contributed by atoms with Crippen molar-refractivity contribution in [2.24, 2.45) is 0 Å². The van der Waals surface area contributed by atoms with Crippen molar-refractivity contribution in [1.29, 1.82) is 0 Å². The standard InChI is InChI=1S/C8H13BO.C2H6/c1-6(7(2)9)8-4-3-5-10-8;1-2/h8H,3-5H2,1-2H3;1-2H3/b7-6-;. The van der Waals surface area contributed by atoms with Crippen LogP contribution in [0.2, 0.25) is 0 Å². The minimum atomic E-state index is 0.310. The van der Waals surface area contributed by atoms with E-state index in [1.54, 1.807) is 0 Å². The molecule has 0 spiro atoms. The minimum Gasteiger partial charge on any atom is -0.374 e. The Morgan fingerprint density at radius 3 is 2.25 bits per heavy atom. The zero-order valence-electron chi connectivity index (χ0n) is 8.68. The maximum atomic E-state index is 5.62. The molecule has 0 aromatic carbocycles. The summed E-state index contributed by atoms with van der Waals surface area (Å²) in [7, 11) is 5.62. The molecular formula is C10H19BO. The van der Waals surface area contributed by atoms with Gasteiger partial charge in [0.2, 0.25) is 0 Å². The van der Waals surface area contributed by atoms with Gasteiger partial charge in [-0.05, 0) is 19.8 Å². The maximum absolute atomic E-state index is 5.62. The molecule has 0 N–H and O–H groups in total. The average Bonchev–Trinajstić information content (AvgIpc) is 2.58. The van der Waals surface area contributed by atoms with Gasteiger partial charge in [0, 0.05) is 6.61 Å². The molecule has 12 heavy (non-hydrogen) atoms.